The summed E-state index contributed by atoms with van der Waals surface area (Å²) in [7, 11) is 0. The molecule has 0 bridgehead atoms. The molecule has 0 fully saturated rings. The van der Waals surface area contributed by atoms with Crippen LogP contribution in [-0.4, -0.2) is 11.7 Å². The molecule has 0 saturated carbocycles. The maximum atomic E-state index is 13.7. The lowest BCUT2D eigenvalue weighted by atomic mass is 10.1. The summed E-state index contributed by atoms with van der Waals surface area (Å²) in [5.41, 5.74) is 1.91. The number of hydrogen-bond donors (Lipinski definition) is 2. The van der Waals surface area contributed by atoms with Crippen molar-refractivity contribution in [3.05, 3.63) is 65.2 Å². The summed E-state index contributed by atoms with van der Waals surface area (Å²) in [5, 5.41) is 12.4. The van der Waals surface area contributed by atoms with Crippen molar-refractivity contribution in [2.75, 3.05) is 11.9 Å². The average Bonchev–Trinajstić information content (AvgIpc) is 2.39. The van der Waals surface area contributed by atoms with Crippen molar-refractivity contribution in [2.24, 2.45) is 0 Å². The first-order chi connectivity index (χ1) is 9.10. The highest BCUT2D eigenvalue weighted by Crippen LogP contribution is 2.23. The van der Waals surface area contributed by atoms with Crippen LogP contribution in [0.3, 0.4) is 0 Å². The minimum Gasteiger partial charge on any atom is -0.394 e. The van der Waals surface area contributed by atoms with Crippen molar-refractivity contribution >= 4 is 5.69 Å². The molecule has 0 heterocycles. The van der Waals surface area contributed by atoms with Crippen LogP contribution in [0.25, 0.3) is 0 Å². The fraction of sp³-hybridized carbons (Fsp3) is 0.200. The fourth-order valence-electron chi connectivity index (χ4n) is 1.94. The van der Waals surface area contributed by atoms with Crippen LogP contribution in [0.1, 0.15) is 17.2 Å². The first-order valence-corrected chi connectivity index (χ1v) is 5.99. The number of rotatable bonds is 4. The largest absolute Gasteiger partial charge is 0.394 e. The van der Waals surface area contributed by atoms with Crippen LogP contribution in [0.4, 0.5) is 14.5 Å². The zero-order valence-corrected chi connectivity index (χ0v) is 10.5. The van der Waals surface area contributed by atoms with E-state index >= 15 is 0 Å². The minimum atomic E-state index is -0.683. The summed E-state index contributed by atoms with van der Waals surface area (Å²) < 4.78 is 26.8. The van der Waals surface area contributed by atoms with Gasteiger partial charge in [0, 0.05) is 11.3 Å². The van der Waals surface area contributed by atoms with E-state index in [0.717, 1.165) is 29.4 Å². The Balaban J connectivity index is 2.27. The van der Waals surface area contributed by atoms with Crippen molar-refractivity contribution in [1.29, 1.82) is 0 Å². The van der Waals surface area contributed by atoms with Crippen LogP contribution >= 0.6 is 0 Å². The highest BCUT2D eigenvalue weighted by atomic mass is 19.1. The summed E-state index contributed by atoms with van der Waals surface area (Å²) in [5.74, 6) is -1.07. The van der Waals surface area contributed by atoms with Crippen LogP contribution in [-0.2, 0) is 0 Å². The summed E-state index contributed by atoms with van der Waals surface area (Å²) in [6, 6.07) is 10.0. The molecule has 2 aromatic rings. The number of hydrogen-bond acceptors (Lipinski definition) is 2. The van der Waals surface area contributed by atoms with Gasteiger partial charge in [-0.2, -0.15) is 0 Å². The Bertz CT molecular complexity index is 572. The van der Waals surface area contributed by atoms with Crippen LogP contribution < -0.4 is 5.32 Å². The van der Waals surface area contributed by atoms with Gasteiger partial charge >= 0.3 is 0 Å². The van der Waals surface area contributed by atoms with Gasteiger partial charge in [-0.1, -0.05) is 12.1 Å². The summed E-state index contributed by atoms with van der Waals surface area (Å²) in [6.45, 7) is 1.61. The van der Waals surface area contributed by atoms with Gasteiger partial charge in [-0.3, -0.25) is 0 Å². The molecule has 2 rings (SSSR count). The third-order valence-corrected chi connectivity index (χ3v) is 2.88. The normalized spacial score (nSPS) is 12.2. The van der Waals surface area contributed by atoms with Gasteiger partial charge in [0.1, 0.15) is 11.6 Å². The van der Waals surface area contributed by atoms with E-state index in [1.165, 1.54) is 0 Å². The summed E-state index contributed by atoms with van der Waals surface area (Å²) >= 11 is 0. The third-order valence-electron chi connectivity index (χ3n) is 2.88. The average molecular weight is 263 g/mol. The van der Waals surface area contributed by atoms with E-state index in [2.05, 4.69) is 5.32 Å². The highest BCUT2D eigenvalue weighted by molar-refractivity contribution is 5.47. The van der Waals surface area contributed by atoms with Gasteiger partial charge in [-0.25, -0.2) is 8.78 Å². The Labute approximate surface area is 110 Å². The van der Waals surface area contributed by atoms with Crippen LogP contribution in [0.15, 0.2) is 42.5 Å². The van der Waals surface area contributed by atoms with E-state index in [9.17, 15) is 13.9 Å². The summed E-state index contributed by atoms with van der Waals surface area (Å²) in [6.07, 6.45) is 0. The van der Waals surface area contributed by atoms with E-state index in [0.29, 0.717) is 0 Å². The first kappa shape index (κ1) is 13.5. The van der Waals surface area contributed by atoms with Gasteiger partial charge in [-0.05, 0) is 42.8 Å². The van der Waals surface area contributed by atoms with E-state index in [-0.39, 0.29) is 12.2 Å². The van der Waals surface area contributed by atoms with Gasteiger partial charge in [0.25, 0.3) is 0 Å². The van der Waals surface area contributed by atoms with Gasteiger partial charge in [0.05, 0.1) is 12.6 Å². The van der Waals surface area contributed by atoms with Crippen LogP contribution in [0.5, 0.6) is 0 Å². The number of benzene rings is 2. The van der Waals surface area contributed by atoms with Crippen molar-refractivity contribution in [3.63, 3.8) is 0 Å². The second kappa shape index (κ2) is 5.80. The third kappa shape index (κ3) is 3.29. The van der Waals surface area contributed by atoms with E-state index in [1.807, 2.05) is 31.2 Å². The second-order valence-corrected chi connectivity index (χ2v) is 4.41. The molecule has 2 aromatic carbocycles. The smallest absolute Gasteiger partial charge is 0.128 e. The standard InChI is InChI=1S/C15H15F2NO/c1-10-3-2-4-12(7-10)18-15(9-19)13-8-11(16)5-6-14(13)17/h2-8,15,18-19H,9H2,1H3. The molecule has 2 N–H and O–H groups in total. The van der Waals surface area contributed by atoms with Crippen molar-refractivity contribution in [2.45, 2.75) is 13.0 Å². The predicted octanol–water partition coefficient (Wildman–Crippen LogP) is 3.42. The molecule has 0 saturated heterocycles. The number of aliphatic hydroxyl groups is 1. The molecule has 2 nitrogen and oxygen atoms in total. The van der Waals surface area contributed by atoms with E-state index in [4.69, 9.17) is 0 Å². The Morgan fingerprint density at radius 3 is 2.63 bits per heavy atom. The van der Waals surface area contributed by atoms with Gasteiger partial charge in [-0.15, -0.1) is 0 Å². The monoisotopic (exact) mass is 263 g/mol. The van der Waals surface area contributed by atoms with Crippen LogP contribution in [0, 0.1) is 18.6 Å². The SMILES string of the molecule is Cc1cccc(NC(CO)c2cc(F)ccc2F)c1. The Morgan fingerprint density at radius 1 is 1.16 bits per heavy atom. The molecule has 0 aliphatic carbocycles. The summed E-state index contributed by atoms with van der Waals surface area (Å²) in [4.78, 5) is 0. The lowest BCUT2D eigenvalue weighted by Crippen LogP contribution is -2.16. The molecule has 1 unspecified atom stereocenters. The zero-order chi connectivity index (χ0) is 13.8. The minimum absolute atomic E-state index is 0.115. The van der Waals surface area contributed by atoms with E-state index in [1.54, 1.807) is 0 Å². The Hall–Kier alpha value is -1.94. The number of aryl methyl sites for hydroxylation is 1. The molecular weight excluding hydrogens is 248 g/mol. The molecular formula is C15H15F2NO. The quantitative estimate of drug-likeness (QED) is 0.886. The lowest BCUT2D eigenvalue weighted by Gasteiger charge is -2.19. The van der Waals surface area contributed by atoms with Gasteiger partial charge < -0.3 is 10.4 Å². The fourth-order valence-corrected chi connectivity index (χ4v) is 1.94. The van der Waals surface area contributed by atoms with Gasteiger partial charge in [0.15, 0.2) is 0 Å². The number of halogens is 2. The molecule has 0 aromatic heterocycles. The van der Waals surface area contributed by atoms with Crippen LogP contribution in [0.2, 0.25) is 0 Å². The lowest BCUT2D eigenvalue weighted by molar-refractivity contribution is 0.273. The molecule has 0 aliphatic rings. The molecule has 1 atom stereocenters. The molecule has 0 aliphatic heterocycles. The van der Waals surface area contributed by atoms with E-state index < -0.39 is 17.7 Å². The van der Waals surface area contributed by atoms with Crippen molar-refractivity contribution in [1.82, 2.24) is 0 Å². The topological polar surface area (TPSA) is 32.3 Å². The molecule has 100 valence electrons. The molecule has 19 heavy (non-hydrogen) atoms. The Morgan fingerprint density at radius 2 is 1.95 bits per heavy atom. The maximum absolute atomic E-state index is 13.7. The second-order valence-electron chi connectivity index (χ2n) is 4.41. The highest BCUT2D eigenvalue weighted by Gasteiger charge is 2.15. The predicted molar refractivity (Wildman–Crippen MR) is 71.0 cm³/mol. The number of aliphatic hydroxyl groups excluding tert-OH is 1. The molecule has 0 radical (unpaired) electrons. The molecule has 0 spiro atoms. The first-order valence-electron chi connectivity index (χ1n) is 5.99. The Kier molecular flexibility index (Phi) is 4.12. The van der Waals surface area contributed by atoms with Crippen molar-refractivity contribution in [3.8, 4) is 0 Å². The van der Waals surface area contributed by atoms with Gasteiger partial charge in [0.2, 0.25) is 0 Å². The maximum Gasteiger partial charge on any atom is 0.128 e. The number of nitrogens with one attached hydrogen (secondary N) is 1. The molecule has 0 amide bonds. The number of anilines is 1. The zero-order valence-electron chi connectivity index (χ0n) is 10.5. The molecule has 4 heteroatoms. The van der Waals surface area contributed by atoms with Crippen molar-refractivity contribution < 1.29 is 13.9 Å².